The molecule has 0 heterocycles. The van der Waals surface area contributed by atoms with Crippen molar-refractivity contribution in [2.45, 2.75) is 6.92 Å². The molecular formula is C14H13NO3. The van der Waals surface area contributed by atoms with Gasteiger partial charge in [0.15, 0.2) is 5.78 Å². The average molecular weight is 243 g/mol. The van der Waals surface area contributed by atoms with Crippen LogP contribution < -0.4 is 4.90 Å². The Labute approximate surface area is 104 Å². The Hall–Kier alpha value is -2.36. The van der Waals surface area contributed by atoms with Crippen LogP contribution in [0.4, 0.5) is 10.5 Å². The Kier molecular flexibility index (Phi) is 3.02. The van der Waals surface area contributed by atoms with Gasteiger partial charge in [0, 0.05) is 18.3 Å². The number of rotatable bonds is 2. The zero-order chi connectivity index (χ0) is 13.3. The van der Waals surface area contributed by atoms with Gasteiger partial charge >= 0.3 is 6.09 Å². The molecule has 0 spiro atoms. The van der Waals surface area contributed by atoms with E-state index in [1.807, 2.05) is 18.2 Å². The zero-order valence-corrected chi connectivity index (χ0v) is 10.2. The minimum absolute atomic E-state index is 0.0173. The first-order chi connectivity index (χ1) is 8.49. The Morgan fingerprint density at radius 2 is 1.67 bits per heavy atom. The molecule has 0 unspecified atom stereocenters. The highest BCUT2D eigenvalue weighted by Crippen LogP contribution is 2.22. The molecule has 1 amide bonds. The molecule has 2 aromatic rings. The van der Waals surface area contributed by atoms with Gasteiger partial charge in [-0.15, -0.1) is 0 Å². The number of carbonyl (C=O) groups is 2. The number of hydrogen-bond donors (Lipinski definition) is 1. The maximum atomic E-state index is 11.3. The van der Waals surface area contributed by atoms with E-state index in [2.05, 4.69) is 0 Å². The van der Waals surface area contributed by atoms with Crippen molar-refractivity contribution in [3.8, 4) is 0 Å². The van der Waals surface area contributed by atoms with Crippen molar-refractivity contribution >= 4 is 28.3 Å². The minimum atomic E-state index is -1.00. The molecule has 0 fully saturated rings. The van der Waals surface area contributed by atoms with E-state index in [-0.39, 0.29) is 5.78 Å². The molecule has 0 saturated carbocycles. The largest absolute Gasteiger partial charge is 0.465 e. The summed E-state index contributed by atoms with van der Waals surface area (Å²) in [5.41, 5.74) is 1.26. The van der Waals surface area contributed by atoms with Crippen LogP contribution in [0.3, 0.4) is 0 Å². The van der Waals surface area contributed by atoms with Crippen molar-refractivity contribution in [1.29, 1.82) is 0 Å². The lowest BCUT2D eigenvalue weighted by Gasteiger charge is -2.13. The van der Waals surface area contributed by atoms with E-state index in [9.17, 15) is 9.59 Å². The molecule has 2 aromatic carbocycles. The van der Waals surface area contributed by atoms with Crippen LogP contribution in [-0.2, 0) is 0 Å². The van der Waals surface area contributed by atoms with Crippen LogP contribution >= 0.6 is 0 Å². The maximum absolute atomic E-state index is 11.3. The van der Waals surface area contributed by atoms with Crippen molar-refractivity contribution in [2.75, 3.05) is 11.9 Å². The molecule has 0 aliphatic rings. The number of benzene rings is 2. The van der Waals surface area contributed by atoms with Gasteiger partial charge in [-0.1, -0.05) is 18.2 Å². The lowest BCUT2D eigenvalue weighted by Crippen LogP contribution is -2.23. The van der Waals surface area contributed by atoms with Gasteiger partial charge in [-0.05, 0) is 35.9 Å². The zero-order valence-electron chi connectivity index (χ0n) is 10.2. The summed E-state index contributed by atoms with van der Waals surface area (Å²) in [5.74, 6) is 0.0173. The first-order valence-electron chi connectivity index (χ1n) is 5.50. The summed E-state index contributed by atoms with van der Waals surface area (Å²) in [7, 11) is 1.49. The van der Waals surface area contributed by atoms with Gasteiger partial charge in [0.2, 0.25) is 0 Å². The third-order valence-electron chi connectivity index (χ3n) is 2.90. The molecule has 4 heteroatoms. The molecule has 2 rings (SSSR count). The van der Waals surface area contributed by atoms with Crippen molar-refractivity contribution in [3.05, 3.63) is 42.0 Å². The summed E-state index contributed by atoms with van der Waals surface area (Å²) in [6.45, 7) is 1.52. The van der Waals surface area contributed by atoms with E-state index in [0.29, 0.717) is 11.3 Å². The van der Waals surface area contributed by atoms with E-state index in [1.54, 1.807) is 18.2 Å². The van der Waals surface area contributed by atoms with E-state index in [1.165, 1.54) is 14.0 Å². The quantitative estimate of drug-likeness (QED) is 0.824. The molecule has 0 atom stereocenters. The first kappa shape index (κ1) is 12.1. The third-order valence-corrected chi connectivity index (χ3v) is 2.90. The third kappa shape index (κ3) is 2.18. The first-order valence-corrected chi connectivity index (χ1v) is 5.50. The number of nitrogens with zero attached hydrogens (tertiary/aromatic N) is 1. The Morgan fingerprint density at radius 3 is 2.28 bits per heavy atom. The maximum Gasteiger partial charge on any atom is 0.411 e. The van der Waals surface area contributed by atoms with Gasteiger partial charge in [-0.2, -0.15) is 0 Å². The fourth-order valence-electron chi connectivity index (χ4n) is 1.77. The number of Topliss-reactive ketones (excluding diaryl/α,β-unsaturated/α-hetero) is 1. The molecule has 92 valence electrons. The van der Waals surface area contributed by atoms with Gasteiger partial charge in [-0.25, -0.2) is 4.79 Å². The summed E-state index contributed by atoms with van der Waals surface area (Å²) < 4.78 is 0. The number of anilines is 1. The number of carboxylic acid groups (broad SMARTS) is 1. The fourth-order valence-corrected chi connectivity index (χ4v) is 1.77. The van der Waals surface area contributed by atoms with Gasteiger partial charge in [0.25, 0.3) is 0 Å². The molecular weight excluding hydrogens is 230 g/mol. The van der Waals surface area contributed by atoms with Crippen LogP contribution in [0.2, 0.25) is 0 Å². The normalized spacial score (nSPS) is 10.3. The van der Waals surface area contributed by atoms with Gasteiger partial charge in [0.1, 0.15) is 0 Å². The molecule has 1 N–H and O–H groups in total. The predicted molar refractivity (Wildman–Crippen MR) is 70.4 cm³/mol. The van der Waals surface area contributed by atoms with E-state index in [0.717, 1.165) is 15.7 Å². The van der Waals surface area contributed by atoms with Crippen LogP contribution in [0, 0.1) is 0 Å². The highest BCUT2D eigenvalue weighted by Gasteiger charge is 2.09. The molecule has 0 aromatic heterocycles. The lowest BCUT2D eigenvalue weighted by atomic mass is 10.0. The van der Waals surface area contributed by atoms with E-state index < -0.39 is 6.09 Å². The van der Waals surface area contributed by atoms with Gasteiger partial charge in [0.05, 0.1) is 0 Å². The second-order valence-corrected chi connectivity index (χ2v) is 4.14. The van der Waals surface area contributed by atoms with E-state index >= 15 is 0 Å². The van der Waals surface area contributed by atoms with Crippen LogP contribution in [0.15, 0.2) is 36.4 Å². The number of ketones is 1. The summed E-state index contributed by atoms with van der Waals surface area (Å²) >= 11 is 0. The Morgan fingerprint density at radius 1 is 1.06 bits per heavy atom. The number of fused-ring (bicyclic) bond motifs is 1. The molecule has 0 aliphatic carbocycles. The molecule has 0 radical (unpaired) electrons. The molecule has 18 heavy (non-hydrogen) atoms. The summed E-state index contributed by atoms with van der Waals surface area (Å²) in [5, 5.41) is 10.7. The summed E-state index contributed by atoms with van der Waals surface area (Å²) in [6, 6.07) is 10.7. The topological polar surface area (TPSA) is 57.6 Å². The Balaban J connectivity index is 2.50. The number of carbonyl (C=O) groups excluding carboxylic acids is 1. The van der Waals surface area contributed by atoms with Crippen LogP contribution in [0.1, 0.15) is 17.3 Å². The number of hydrogen-bond acceptors (Lipinski definition) is 2. The standard InChI is InChI=1S/C14H13NO3/c1-9(16)10-3-4-12-8-13(15(2)14(17)18)6-5-11(12)7-10/h3-8H,1-2H3,(H,17,18). The molecule has 4 nitrogen and oxygen atoms in total. The molecule has 0 bridgehead atoms. The average Bonchev–Trinajstić information content (AvgIpc) is 2.36. The minimum Gasteiger partial charge on any atom is -0.465 e. The van der Waals surface area contributed by atoms with E-state index in [4.69, 9.17) is 5.11 Å². The van der Waals surface area contributed by atoms with Crippen molar-refractivity contribution in [1.82, 2.24) is 0 Å². The van der Waals surface area contributed by atoms with Crippen LogP contribution in [0.25, 0.3) is 10.8 Å². The van der Waals surface area contributed by atoms with Crippen LogP contribution in [0.5, 0.6) is 0 Å². The highest BCUT2D eigenvalue weighted by atomic mass is 16.4. The monoisotopic (exact) mass is 243 g/mol. The summed E-state index contributed by atoms with van der Waals surface area (Å²) in [6.07, 6.45) is -1.00. The van der Waals surface area contributed by atoms with Crippen LogP contribution in [-0.4, -0.2) is 24.0 Å². The Bertz CT molecular complexity index is 634. The van der Waals surface area contributed by atoms with Crippen molar-refractivity contribution < 1.29 is 14.7 Å². The lowest BCUT2D eigenvalue weighted by molar-refractivity contribution is 0.101. The predicted octanol–water partition coefficient (Wildman–Crippen LogP) is 3.16. The number of amides is 1. The van der Waals surface area contributed by atoms with Gasteiger partial charge in [-0.3, -0.25) is 9.69 Å². The second-order valence-electron chi connectivity index (χ2n) is 4.14. The molecule has 0 aliphatic heterocycles. The SMILES string of the molecule is CC(=O)c1ccc2cc(N(C)C(=O)O)ccc2c1. The highest BCUT2D eigenvalue weighted by molar-refractivity contribution is 5.99. The second kappa shape index (κ2) is 4.49. The van der Waals surface area contributed by atoms with Gasteiger partial charge < -0.3 is 5.11 Å². The van der Waals surface area contributed by atoms with Crippen molar-refractivity contribution in [2.24, 2.45) is 0 Å². The molecule has 0 saturated heterocycles. The fraction of sp³-hybridized carbons (Fsp3) is 0.143. The smallest absolute Gasteiger partial charge is 0.411 e. The summed E-state index contributed by atoms with van der Waals surface area (Å²) in [4.78, 5) is 23.3. The van der Waals surface area contributed by atoms with Crippen molar-refractivity contribution in [3.63, 3.8) is 0 Å².